The summed E-state index contributed by atoms with van der Waals surface area (Å²) in [5.41, 5.74) is -0.842. The molecule has 108 valence electrons. The summed E-state index contributed by atoms with van der Waals surface area (Å²) in [5.74, 6) is -4.17. The minimum atomic E-state index is -1.24. The van der Waals surface area contributed by atoms with Gasteiger partial charge in [-0.3, -0.25) is 4.79 Å². The van der Waals surface area contributed by atoms with Crippen molar-refractivity contribution in [2.45, 2.75) is 0 Å². The van der Waals surface area contributed by atoms with Crippen LogP contribution in [0, 0.1) is 5.82 Å². The predicted octanol–water partition coefficient (Wildman–Crippen LogP) is 2.19. The monoisotopic (exact) mass is 291 g/mol. The number of halogens is 1. The Bertz CT molecular complexity index is 709. The minimum absolute atomic E-state index is 0.104. The summed E-state index contributed by atoms with van der Waals surface area (Å²) in [4.78, 5) is 22.6. The largest absolute Gasteiger partial charge is 0.507 e. The molecule has 2 aromatic rings. The molecule has 0 fully saturated rings. The topological polar surface area (TPSA) is 107 Å². The first-order chi connectivity index (χ1) is 9.90. The Balaban J connectivity index is 2.30. The quantitative estimate of drug-likeness (QED) is 0.648. The molecule has 0 aromatic heterocycles. The van der Waals surface area contributed by atoms with Gasteiger partial charge in [-0.1, -0.05) is 6.07 Å². The third-order valence-electron chi connectivity index (χ3n) is 2.71. The van der Waals surface area contributed by atoms with Gasteiger partial charge in [0.1, 0.15) is 22.9 Å². The van der Waals surface area contributed by atoms with E-state index in [1.165, 1.54) is 12.1 Å². The maximum absolute atomic E-state index is 13.5. The average Bonchev–Trinajstić information content (AvgIpc) is 2.40. The van der Waals surface area contributed by atoms with Crippen LogP contribution in [-0.4, -0.2) is 27.2 Å². The Hall–Kier alpha value is -3.09. The molecule has 0 aliphatic carbocycles. The molecule has 0 saturated heterocycles. The van der Waals surface area contributed by atoms with Crippen LogP contribution >= 0.6 is 0 Å². The van der Waals surface area contributed by atoms with Crippen molar-refractivity contribution < 1.29 is 29.3 Å². The number of amides is 1. The van der Waals surface area contributed by atoms with Crippen LogP contribution in [0.15, 0.2) is 36.4 Å². The zero-order valence-electron chi connectivity index (χ0n) is 10.5. The van der Waals surface area contributed by atoms with Gasteiger partial charge in [0.2, 0.25) is 0 Å². The number of carbonyl (C=O) groups is 2. The smallest absolute Gasteiger partial charge is 0.335 e. The summed E-state index contributed by atoms with van der Waals surface area (Å²) < 4.78 is 13.5. The highest BCUT2D eigenvalue weighted by molar-refractivity contribution is 6.07. The number of hydrogen-bond donors (Lipinski definition) is 4. The van der Waals surface area contributed by atoms with E-state index in [1.807, 2.05) is 0 Å². The molecule has 2 rings (SSSR count). The van der Waals surface area contributed by atoms with Gasteiger partial charge < -0.3 is 20.6 Å². The van der Waals surface area contributed by atoms with E-state index < -0.39 is 34.8 Å². The molecule has 7 heteroatoms. The lowest BCUT2D eigenvalue weighted by Crippen LogP contribution is -2.14. The fourth-order valence-corrected chi connectivity index (χ4v) is 1.69. The van der Waals surface area contributed by atoms with E-state index >= 15 is 0 Å². The van der Waals surface area contributed by atoms with Gasteiger partial charge in [-0.2, -0.15) is 0 Å². The number of nitrogens with one attached hydrogen (secondary N) is 1. The molecule has 0 atom stereocenters. The number of rotatable bonds is 3. The molecule has 21 heavy (non-hydrogen) atoms. The van der Waals surface area contributed by atoms with E-state index in [9.17, 15) is 24.2 Å². The fraction of sp³-hybridized carbons (Fsp3) is 0. The summed E-state index contributed by atoms with van der Waals surface area (Å²) in [5, 5.41) is 30.1. The van der Waals surface area contributed by atoms with Gasteiger partial charge >= 0.3 is 5.97 Å². The Morgan fingerprint density at radius 1 is 1.05 bits per heavy atom. The van der Waals surface area contributed by atoms with Crippen molar-refractivity contribution in [2.75, 3.05) is 5.32 Å². The zero-order chi connectivity index (χ0) is 15.6. The first-order valence-corrected chi connectivity index (χ1v) is 5.75. The van der Waals surface area contributed by atoms with Crippen molar-refractivity contribution in [3.8, 4) is 11.5 Å². The van der Waals surface area contributed by atoms with Gasteiger partial charge in [-0.15, -0.1) is 0 Å². The summed E-state index contributed by atoms with van der Waals surface area (Å²) in [6.45, 7) is 0. The van der Waals surface area contributed by atoms with Crippen LogP contribution in [0.1, 0.15) is 20.7 Å². The van der Waals surface area contributed by atoms with E-state index in [0.29, 0.717) is 0 Å². The molecule has 0 unspecified atom stereocenters. The molecule has 0 bridgehead atoms. The highest BCUT2D eigenvalue weighted by atomic mass is 19.1. The Morgan fingerprint density at radius 2 is 1.76 bits per heavy atom. The molecule has 1 amide bonds. The molecule has 4 N–H and O–H groups in total. The van der Waals surface area contributed by atoms with E-state index in [2.05, 4.69) is 5.32 Å². The summed E-state index contributed by atoms with van der Waals surface area (Å²) in [6.07, 6.45) is 0. The van der Waals surface area contributed by atoms with E-state index in [-0.39, 0.29) is 11.3 Å². The molecule has 0 heterocycles. The van der Waals surface area contributed by atoms with Gasteiger partial charge in [-0.25, -0.2) is 9.18 Å². The van der Waals surface area contributed by atoms with Gasteiger partial charge in [0.15, 0.2) is 0 Å². The highest BCUT2D eigenvalue weighted by Gasteiger charge is 2.18. The first kappa shape index (κ1) is 14.3. The van der Waals surface area contributed by atoms with Crippen molar-refractivity contribution >= 4 is 17.6 Å². The molecular formula is C14H10FNO5. The molecular weight excluding hydrogens is 281 g/mol. The average molecular weight is 291 g/mol. The van der Waals surface area contributed by atoms with Crippen molar-refractivity contribution in [2.24, 2.45) is 0 Å². The lowest BCUT2D eigenvalue weighted by molar-refractivity contribution is 0.0696. The number of hydrogen-bond acceptors (Lipinski definition) is 4. The molecule has 0 saturated carbocycles. The molecule has 0 radical (unpaired) electrons. The number of carboxylic acids is 1. The number of phenolic OH excluding ortho intramolecular Hbond substituents is 2. The lowest BCUT2D eigenvalue weighted by atomic mass is 10.1. The van der Waals surface area contributed by atoms with Crippen LogP contribution < -0.4 is 5.32 Å². The molecule has 0 spiro atoms. The molecule has 6 nitrogen and oxygen atoms in total. The number of anilines is 1. The minimum Gasteiger partial charge on any atom is -0.507 e. The van der Waals surface area contributed by atoms with E-state index in [1.54, 1.807) is 0 Å². The summed E-state index contributed by atoms with van der Waals surface area (Å²) >= 11 is 0. The maximum Gasteiger partial charge on any atom is 0.335 e. The third-order valence-corrected chi connectivity index (χ3v) is 2.71. The molecule has 2 aromatic carbocycles. The first-order valence-electron chi connectivity index (χ1n) is 5.75. The number of phenols is 2. The number of carboxylic acid groups (broad SMARTS) is 1. The Labute approximate surface area is 118 Å². The van der Waals surface area contributed by atoms with Crippen LogP contribution in [0.4, 0.5) is 10.1 Å². The number of aromatic hydroxyl groups is 2. The fourth-order valence-electron chi connectivity index (χ4n) is 1.69. The van der Waals surface area contributed by atoms with Crippen molar-refractivity contribution in [1.82, 2.24) is 0 Å². The number of benzene rings is 2. The predicted molar refractivity (Wildman–Crippen MR) is 71.1 cm³/mol. The molecule has 0 aliphatic heterocycles. The van der Waals surface area contributed by atoms with Gasteiger partial charge in [-0.05, 0) is 30.3 Å². The van der Waals surface area contributed by atoms with Gasteiger partial charge in [0.05, 0.1) is 11.3 Å². The van der Waals surface area contributed by atoms with Crippen LogP contribution in [0.25, 0.3) is 0 Å². The van der Waals surface area contributed by atoms with Gasteiger partial charge in [0.25, 0.3) is 5.91 Å². The van der Waals surface area contributed by atoms with Crippen molar-refractivity contribution in [3.63, 3.8) is 0 Å². The maximum atomic E-state index is 13.5. The number of carbonyl (C=O) groups excluding carboxylic acids is 1. The lowest BCUT2D eigenvalue weighted by Gasteiger charge is -2.09. The molecule has 0 aliphatic rings. The van der Waals surface area contributed by atoms with Crippen LogP contribution in [0.5, 0.6) is 11.5 Å². The van der Waals surface area contributed by atoms with Crippen LogP contribution in [0.2, 0.25) is 0 Å². The second-order valence-corrected chi connectivity index (χ2v) is 4.13. The van der Waals surface area contributed by atoms with E-state index in [4.69, 9.17) is 5.11 Å². The Kier molecular flexibility index (Phi) is 3.75. The second-order valence-electron chi connectivity index (χ2n) is 4.13. The van der Waals surface area contributed by atoms with Gasteiger partial charge in [0, 0.05) is 0 Å². The second kappa shape index (κ2) is 5.49. The normalized spacial score (nSPS) is 10.1. The van der Waals surface area contributed by atoms with Crippen LogP contribution in [0.3, 0.4) is 0 Å². The van der Waals surface area contributed by atoms with Crippen LogP contribution in [-0.2, 0) is 0 Å². The van der Waals surface area contributed by atoms with Crippen molar-refractivity contribution in [1.29, 1.82) is 0 Å². The third kappa shape index (κ3) is 2.92. The summed E-state index contributed by atoms with van der Waals surface area (Å²) in [6, 6.07) is 6.65. The van der Waals surface area contributed by atoms with Crippen molar-refractivity contribution in [3.05, 3.63) is 53.3 Å². The van der Waals surface area contributed by atoms with E-state index in [0.717, 1.165) is 24.3 Å². The highest BCUT2D eigenvalue weighted by Crippen LogP contribution is 2.27. The SMILES string of the molecule is O=C(O)c1ccc(NC(=O)c2c(O)cccc2F)c(O)c1. The number of aromatic carboxylic acids is 1. The summed E-state index contributed by atoms with van der Waals surface area (Å²) in [7, 11) is 0. The Morgan fingerprint density at radius 3 is 2.33 bits per heavy atom. The zero-order valence-corrected chi connectivity index (χ0v) is 10.5. The standard InChI is InChI=1S/C14H10FNO5/c15-8-2-1-3-10(17)12(8)13(19)16-9-5-4-7(14(20)21)6-11(9)18/h1-6,17-18H,(H,16,19)(H,20,21).